The molecule has 1 heterocycles. The Balaban J connectivity index is 1.86. The van der Waals surface area contributed by atoms with Crippen LogP contribution in [0.25, 0.3) is 0 Å². The Morgan fingerprint density at radius 3 is 2.83 bits per heavy atom. The highest BCUT2D eigenvalue weighted by molar-refractivity contribution is 5.89. The van der Waals surface area contributed by atoms with Crippen molar-refractivity contribution in [2.45, 2.75) is 25.3 Å². The molecule has 1 aliphatic rings. The third-order valence-corrected chi connectivity index (χ3v) is 2.86. The first-order chi connectivity index (χ1) is 8.54. The van der Waals surface area contributed by atoms with Gasteiger partial charge in [0.2, 0.25) is 0 Å². The summed E-state index contributed by atoms with van der Waals surface area (Å²) in [5, 5.41) is 18.0. The number of aromatic nitrogens is 2. The van der Waals surface area contributed by atoms with Gasteiger partial charge in [0.15, 0.2) is 0 Å². The monoisotopic (exact) mass is 252 g/mol. The number of nitrogens with one attached hydrogen (secondary N) is 2. The number of carbonyl (C=O) groups excluding carboxylic acids is 1. The van der Waals surface area contributed by atoms with Gasteiger partial charge in [0.05, 0.1) is 18.3 Å². The highest BCUT2D eigenvalue weighted by atomic mass is 16.4. The number of anilines is 1. The van der Waals surface area contributed by atoms with Crippen molar-refractivity contribution in [2.75, 3.05) is 5.32 Å². The molecule has 2 rings (SSSR count). The van der Waals surface area contributed by atoms with Gasteiger partial charge in [-0.15, -0.1) is 0 Å². The number of aryl methyl sites for hydroxylation is 1. The third kappa shape index (κ3) is 3.47. The lowest BCUT2D eigenvalue weighted by atomic mass is 10.1. The van der Waals surface area contributed by atoms with Crippen LogP contribution in [0.5, 0.6) is 0 Å². The fraction of sp³-hybridized carbons (Fsp3) is 0.545. The smallest absolute Gasteiger partial charge is 0.319 e. The van der Waals surface area contributed by atoms with Crippen molar-refractivity contribution in [1.82, 2.24) is 15.1 Å². The average molecular weight is 252 g/mol. The summed E-state index contributed by atoms with van der Waals surface area (Å²) in [7, 11) is 1.75. The maximum Gasteiger partial charge on any atom is 0.319 e. The maximum absolute atomic E-state index is 11.7. The second-order valence-corrected chi connectivity index (χ2v) is 4.54. The van der Waals surface area contributed by atoms with Crippen LogP contribution in [0.4, 0.5) is 10.5 Å². The number of hydrogen-bond acceptors (Lipinski definition) is 3. The van der Waals surface area contributed by atoms with E-state index in [1.807, 2.05) is 0 Å². The van der Waals surface area contributed by atoms with E-state index in [1.165, 1.54) is 6.20 Å². The molecule has 1 saturated carbocycles. The van der Waals surface area contributed by atoms with Crippen molar-refractivity contribution < 1.29 is 14.7 Å². The molecule has 1 fully saturated rings. The number of nitrogens with zero attached hydrogens (tertiary/aromatic N) is 2. The van der Waals surface area contributed by atoms with Crippen LogP contribution in [-0.4, -0.2) is 32.9 Å². The van der Waals surface area contributed by atoms with Crippen molar-refractivity contribution >= 4 is 17.7 Å². The molecule has 0 bridgehead atoms. The lowest BCUT2D eigenvalue weighted by molar-refractivity contribution is -0.137. The van der Waals surface area contributed by atoms with Crippen LogP contribution in [-0.2, 0) is 11.8 Å². The second kappa shape index (κ2) is 5.07. The molecule has 3 N–H and O–H groups in total. The molecule has 0 aliphatic heterocycles. The standard InChI is InChI=1S/C11H16N4O3/c1-15-6-8(5-12-15)13-11(18)14-9(4-10(16)17)7-2-3-7/h5-7,9H,2-4H2,1H3,(H,16,17)(H2,13,14,18). The Morgan fingerprint density at radius 2 is 2.33 bits per heavy atom. The van der Waals surface area contributed by atoms with Gasteiger partial charge in [-0.1, -0.05) is 0 Å². The van der Waals surface area contributed by atoms with Crippen LogP contribution in [0.15, 0.2) is 12.4 Å². The number of aliphatic carboxylic acids is 1. The zero-order valence-electron chi connectivity index (χ0n) is 10.1. The van der Waals surface area contributed by atoms with E-state index >= 15 is 0 Å². The van der Waals surface area contributed by atoms with Crippen molar-refractivity contribution in [3.8, 4) is 0 Å². The number of carbonyl (C=O) groups is 2. The summed E-state index contributed by atoms with van der Waals surface area (Å²) in [5.74, 6) is -0.602. The van der Waals surface area contributed by atoms with Crippen molar-refractivity contribution in [3.05, 3.63) is 12.4 Å². The molecule has 1 atom stereocenters. The highest BCUT2D eigenvalue weighted by Crippen LogP contribution is 2.34. The molecular formula is C11H16N4O3. The van der Waals surface area contributed by atoms with Gasteiger partial charge in [0.25, 0.3) is 0 Å². The molecule has 1 aromatic rings. The molecule has 98 valence electrons. The van der Waals surface area contributed by atoms with E-state index in [9.17, 15) is 9.59 Å². The summed E-state index contributed by atoms with van der Waals surface area (Å²) < 4.78 is 1.57. The predicted octanol–water partition coefficient (Wildman–Crippen LogP) is 0.795. The SMILES string of the molecule is Cn1cc(NC(=O)NC(CC(=O)O)C2CC2)cn1. The lowest BCUT2D eigenvalue weighted by Gasteiger charge is -2.16. The van der Waals surface area contributed by atoms with Crippen LogP contribution in [0.3, 0.4) is 0 Å². The van der Waals surface area contributed by atoms with E-state index in [4.69, 9.17) is 5.11 Å². The van der Waals surface area contributed by atoms with E-state index in [0.29, 0.717) is 11.6 Å². The van der Waals surface area contributed by atoms with Crippen molar-refractivity contribution in [1.29, 1.82) is 0 Å². The zero-order chi connectivity index (χ0) is 13.1. The number of carboxylic acids is 1. The molecule has 0 radical (unpaired) electrons. The molecule has 1 unspecified atom stereocenters. The number of carboxylic acid groups (broad SMARTS) is 1. The molecule has 7 heteroatoms. The Labute approximate surface area is 104 Å². The fourth-order valence-electron chi connectivity index (χ4n) is 1.84. The Bertz CT molecular complexity index is 453. The second-order valence-electron chi connectivity index (χ2n) is 4.54. The van der Waals surface area contributed by atoms with Crippen LogP contribution in [0.1, 0.15) is 19.3 Å². The van der Waals surface area contributed by atoms with Gasteiger partial charge in [0, 0.05) is 19.3 Å². The third-order valence-electron chi connectivity index (χ3n) is 2.86. The van der Waals surface area contributed by atoms with Crippen molar-refractivity contribution in [2.24, 2.45) is 13.0 Å². The first-order valence-corrected chi connectivity index (χ1v) is 5.82. The minimum Gasteiger partial charge on any atom is -0.481 e. The number of amides is 2. The summed E-state index contributed by atoms with van der Waals surface area (Å²) in [6, 6.07) is -0.680. The van der Waals surface area contributed by atoms with E-state index < -0.39 is 5.97 Å². The van der Waals surface area contributed by atoms with Gasteiger partial charge in [-0.2, -0.15) is 5.10 Å². The minimum absolute atomic E-state index is 0.0366. The van der Waals surface area contributed by atoms with Gasteiger partial charge < -0.3 is 15.7 Å². The minimum atomic E-state index is -0.895. The van der Waals surface area contributed by atoms with Crippen LogP contribution >= 0.6 is 0 Å². The van der Waals surface area contributed by atoms with Crippen molar-refractivity contribution in [3.63, 3.8) is 0 Å². The first-order valence-electron chi connectivity index (χ1n) is 5.82. The van der Waals surface area contributed by atoms with Crippen LogP contribution in [0, 0.1) is 5.92 Å². The molecule has 1 aromatic heterocycles. The fourth-order valence-corrected chi connectivity index (χ4v) is 1.84. The van der Waals surface area contributed by atoms with Gasteiger partial charge in [-0.25, -0.2) is 4.79 Å². The number of rotatable bonds is 5. The first kappa shape index (κ1) is 12.4. The molecule has 0 saturated heterocycles. The van der Waals surface area contributed by atoms with Gasteiger partial charge in [0.1, 0.15) is 0 Å². The maximum atomic E-state index is 11.7. The average Bonchev–Trinajstić information content (AvgIpc) is 3.02. The quantitative estimate of drug-likeness (QED) is 0.722. The lowest BCUT2D eigenvalue weighted by Crippen LogP contribution is -2.40. The van der Waals surface area contributed by atoms with E-state index in [0.717, 1.165) is 12.8 Å². The molecule has 2 amide bonds. The summed E-state index contributed by atoms with van der Waals surface area (Å²) in [6.45, 7) is 0. The Hall–Kier alpha value is -2.05. The zero-order valence-corrected chi connectivity index (χ0v) is 10.1. The normalized spacial score (nSPS) is 16.1. The molecular weight excluding hydrogens is 236 g/mol. The topological polar surface area (TPSA) is 96.2 Å². The summed E-state index contributed by atoms with van der Waals surface area (Å²) in [6.07, 6.45) is 5.12. The molecule has 1 aliphatic carbocycles. The van der Waals surface area contributed by atoms with Crippen LogP contribution < -0.4 is 10.6 Å². The van der Waals surface area contributed by atoms with E-state index in [1.54, 1.807) is 17.9 Å². The molecule has 0 aromatic carbocycles. The molecule has 18 heavy (non-hydrogen) atoms. The van der Waals surface area contributed by atoms with Gasteiger partial charge in [-0.05, 0) is 18.8 Å². The Morgan fingerprint density at radius 1 is 1.61 bits per heavy atom. The van der Waals surface area contributed by atoms with E-state index in [-0.39, 0.29) is 18.5 Å². The molecule has 0 spiro atoms. The Kier molecular flexibility index (Phi) is 3.50. The number of urea groups is 1. The highest BCUT2D eigenvalue weighted by Gasteiger charge is 2.33. The predicted molar refractivity (Wildman–Crippen MR) is 64.1 cm³/mol. The summed E-state index contributed by atoms with van der Waals surface area (Å²) in [5.41, 5.74) is 0.583. The van der Waals surface area contributed by atoms with E-state index in [2.05, 4.69) is 15.7 Å². The van der Waals surface area contributed by atoms with Gasteiger partial charge >= 0.3 is 12.0 Å². The number of hydrogen-bond donors (Lipinski definition) is 3. The van der Waals surface area contributed by atoms with Crippen LogP contribution in [0.2, 0.25) is 0 Å². The summed E-state index contributed by atoms with van der Waals surface area (Å²) >= 11 is 0. The van der Waals surface area contributed by atoms with Gasteiger partial charge in [-0.3, -0.25) is 9.48 Å². The summed E-state index contributed by atoms with van der Waals surface area (Å²) in [4.78, 5) is 22.4. The molecule has 7 nitrogen and oxygen atoms in total. The largest absolute Gasteiger partial charge is 0.481 e.